The second kappa shape index (κ2) is 4.97. The first-order valence-electron chi connectivity index (χ1n) is 5.93. The molecule has 1 atom stereocenters. The number of nitrogens with zero attached hydrogens (tertiary/aromatic N) is 2. The summed E-state index contributed by atoms with van der Waals surface area (Å²) in [6.07, 6.45) is 1.37. The number of aromatic nitrogens is 1. The molecule has 1 aromatic carbocycles. The van der Waals surface area contributed by atoms with Crippen molar-refractivity contribution in [3.05, 3.63) is 57.2 Å². The summed E-state index contributed by atoms with van der Waals surface area (Å²) in [6, 6.07) is 8.66. The van der Waals surface area contributed by atoms with E-state index in [4.69, 9.17) is 16.3 Å². The molecule has 20 heavy (non-hydrogen) atoms. The smallest absolute Gasteiger partial charge is 0.312 e. The first-order chi connectivity index (χ1) is 9.65. The number of nitrogens with one attached hydrogen (secondary N) is 1. The number of halogens is 1. The van der Waals surface area contributed by atoms with Gasteiger partial charge in [-0.2, -0.15) is 0 Å². The maximum absolute atomic E-state index is 11.0. The van der Waals surface area contributed by atoms with Crippen LogP contribution < -0.4 is 10.1 Å². The Morgan fingerprint density at radius 3 is 3.05 bits per heavy atom. The Morgan fingerprint density at radius 1 is 1.45 bits per heavy atom. The van der Waals surface area contributed by atoms with Crippen LogP contribution in [0.25, 0.3) is 0 Å². The lowest BCUT2D eigenvalue weighted by atomic mass is 10.1. The Hall–Kier alpha value is -2.34. The van der Waals surface area contributed by atoms with Crippen molar-refractivity contribution < 1.29 is 9.66 Å². The molecule has 0 amide bonds. The number of para-hydroxylation sites is 1. The number of rotatable bonds is 3. The summed E-state index contributed by atoms with van der Waals surface area (Å²) < 4.78 is 5.52. The van der Waals surface area contributed by atoms with E-state index >= 15 is 0 Å². The van der Waals surface area contributed by atoms with Crippen LogP contribution in [0.4, 0.5) is 11.5 Å². The molecule has 1 unspecified atom stereocenters. The highest BCUT2D eigenvalue weighted by molar-refractivity contribution is 6.30. The molecular formula is C13H10ClN3O3. The van der Waals surface area contributed by atoms with Crippen molar-refractivity contribution in [1.82, 2.24) is 4.98 Å². The molecule has 2 heterocycles. The Kier molecular flexibility index (Phi) is 3.15. The van der Waals surface area contributed by atoms with Crippen LogP contribution in [-0.4, -0.2) is 16.5 Å². The molecule has 1 aliphatic heterocycles. The standard InChI is InChI=1S/C13H10ClN3O3/c14-8-5-11(17(18)19)13(15-6-8)16-10-7-20-12-4-2-1-3-9(10)12/h1-6,10H,7H2,(H,15,16). The second-order valence-electron chi connectivity index (χ2n) is 4.32. The average molecular weight is 292 g/mol. The normalized spacial score (nSPS) is 16.4. The minimum Gasteiger partial charge on any atom is -0.491 e. The van der Waals surface area contributed by atoms with E-state index in [0.717, 1.165) is 11.3 Å². The van der Waals surface area contributed by atoms with Gasteiger partial charge in [-0.25, -0.2) is 4.98 Å². The number of nitro groups is 1. The molecule has 1 aliphatic rings. The van der Waals surface area contributed by atoms with Gasteiger partial charge in [-0.3, -0.25) is 10.1 Å². The number of pyridine rings is 1. The predicted molar refractivity (Wildman–Crippen MR) is 74.2 cm³/mol. The molecule has 7 heteroatoms. The molecular weight excluding hydrogens is 282 g/mol. The minimum atomic E-state index is -0.511. The highest BCUT2D eigenvalue weighted by atomic mass is 35.5. The molecule has 0 spiro atoms. The third-order valence-electron chi connectivity index (χ3n) is 3.04. The fourth-order valence-corrected chi connectivity index (χ4v) is 2.28. The van der Waals surface area contributed by atoms with Crippen molar-refractivity contribution in [2.24, 2.45) is 0 Å². The zero-order valence-electron chi connectivity index (χ0n) is 10.2. The van der Waals surface area contributed by atoms with E-state index in [1.165, 1.54) is 12.3 Å². The lowest BCUT2D eigenvalue weighted by Gasteiger charge is -2.12. The summed E-state index contributed by atoms with van der Waals surface area (Å²) >= 11 is 5.74. The number of hydrogen-bond acceptors (Lipinski definition) is 5. The lowest BCUT2D eigenvalue weighted by Crippen LogP contribution is -2.14. The Morgan fingerprint density at radius 2 is 2.25 bits per heavy atom. The van der Waals surface area contributed by atoms with Gasteiger partial charge in [0, 0.05) is 17.8 Å². The molecule has 1 aromatic heterocycles. The van der Waals surface area contributed by atoms with Crippen molar-refractivity contribution in [2.45, 2.75) is 6.04 Å². The molecule has 0 saturated heterocycles. The fourth-order valence-electron chi connectivity index (χ4n) is 2.13. The summed E-state index contributed by atoms with van der Waals surface area (Å²) in [5, 5.41) is 14.3. The average Bonchev–Trinajstić information content (AvgIpc) is 2.84. The van der Waals surface area contributed by atoms with Gasteiger partial charge in [0.05, 0.1) is 16.0 Å². The van der Waals surface area contributed by atoms with E-state index < -0.39 is 4.92 Å². The molecule has 0 fully saturated rings. The quantitative estimate of drug-likeness (QED) is 0.694. The van der Waals surface area contributed by atoms with Crippen LogP contribution in [0.3, 0.4) is 0 Å². The molecule has 0 bridgehead atoms. The van der Waals surface area contributed by atoms with Crippen molar-refractivity contribution >= 4 is 23.1 Å². The van der Waals surface area contributed by atoms with Gasteiger partial charge in [0.1, 0.15) is 12.4 Å². The number of hydrogen-bond donors (Lipinski definition) is 1. The molecule has 0 radical (unpaired) electrons. The molecule has 0 aliphatic carbocycles. The van der Waals surface area contributed by atoms with Crippen molar-refractivity contribution in [1.29, 1.82) is 0 Å². The topological polar surface area (TPSA) is 77.3 Å². The summed E-state index contributed by atoms with van der Waals surface area (Å²) in [4.78, 5) is 14.5. The zero-order chi connectivity index (χ0) is 14.1. The van der Waals surface area contributed by atoms with Crippen LogP contribution in [0.1, 0.15) is 11.6 Å². The highest BCUT2D eigenvalue weighted by Crippen LogP contribution is 2.35. The SMILES string of the molecule is O=[N+]([O-])c1cc(Cl)cnc1NC1COc2ccccc21. The minimum absolute atomic E-state index is 0.151. The summed E-state index contributed by atoms with van der Waals surface area (Å²) in [7, 11) is 0. The fraction of sp³-hybridized carbons (Fsp3) is 0.154. The van der Waals surface area contributed by atoms with Crippen molar-refractivity contribution in [3.63, 3.8) is 0 Å². The van der Waals surface area contributed by atoms with E-state index in [2.05, 4.69) is 10.3 Å². The van der Waals surface area contributed by atoms with E-state index in [-0.39, 0.29) is 22.6 Å². The predicted octanol–water partition coefficient (Wildman–Crippen LogP) is 3.19. The third-order valence-corrected chi connectivity index (χ3v) is 3.25. The first-order valence-corrected chi connectivity index (χ1v) is 6.31. The largest absolute Gasteiger partial charge is 0.491 e. The van der Waals surface area contributed by atoms with Gasteiger partial charge >= 0.3 is 5.69 Å². The second-order valence-corrected chi connectivity index (χ2v) is 4.76. The van der Waals surface area contributed by atoms with Gasteiger partial charge in [-0.15, -0.1) is 0 Å². The molecule has 1 N–H and O–H groups in total. The van der Waals surface area contributed by atoms with Crippen molar-refractivity contribution in [3.8, 4) is 5.75 Å². The lowest BCUT2D eigenvalue weighted by molar-refractivity contribution is -0.384. The molecule has 2 aromatic rings. The van der Waals surface area contributed by atoms with Crippen LogP contribution in [0, 0.1) is 10.1 Å². The molecule has 0 saturated carbocycles. The maximum Gasteiger partial charge on any atom is 0.312 e. The van der Waals surface area contributed by atoms with Crippen LogP contribution in [-0.2, 0) is 0 Å². The van der Waals surface area contributed by atoms with Gasteiger partial charge in [-0.1, -0.05) is 29.8 Å². The summed E-state index contributed by atoms with van der Waals surface area (Å²) in [6.45, 7) is 0.404. The van der Waals surface area contributed by atoms with E-state index in [9.17, 15) is 10.1 Å². The van der Waals surface area contributed by atoms with Gasteiger partial charge in [0.25, 0.3) is 0 Å². The van der Waals surface area contributed by atoms with Crippen LogP contribution >= 0.6 is 11.6 Å². The van der Waals surface area contributed by atoms with Gasteiger partial charge < -0.3 is 10.1 Å². The Labute approximate surface area is 119 Å². The van der Waals surface area contributed by atoms with Crippen LogP contribution in [0.5, 0.6) is 5.75 Å². The summed E-state index contributed by atoms with van der Waals surface area (Å²) in [5.74, 6) is 0.964. The Balaban J connectivity index is 1.92. The van der Waals surface area contributed by atoms with Crippen molar-refractivity contribution in [2.75, 3.05) is 11.9 Å². The number of fused-ring (bicyclic) bond motifs is 1. The number of benzene rings is 1. The van der Waals surface area contributed by atoms with Gasteiger partial charge in [0.2, 0.25) is 5.82 Å². The molecule has 3 rings (SSSR count). The zero-order valence-corrected chi connectivity index (χ0v) is 11.0. The summed E-state index contributed by atoms with van der Waals surface area (Å²) in [5.41, 5.74) is 0.806. The maximum atomic E-state index is 11.0. The molecule has 102 valence electrons. The van der Waals surface area contributed by atoms with Gasteiger partial charge in [-0.05, 0) is 6.07 Å². The van der Waals surface area contributed by atoms with Crippen LogP contribution in [0.15, 0.2) is 36.5 Å². The Bertz CT molecular complexity index is 678. The van der Waals surface area contributed by atoms with E-state index in [0.29, 0.717) is 6.61 Å². The number of anilines is 1. The monoisotopic (exact) mass is 291 g/mol. The number of ether oxygens (including phenoxy) is 1. The first kappa shape index (κ1) is 12.7. The molecule has 6 nitrogen and oxygen atoms in total. The van der Waals surface area contributed by atoms with Gasteiger partial charge in [0.15, 0.2) is 0 Å². The van der Waals surface area contributed by atoms with E-state index in [1.807, 2.05) is 24.3 Å². The highest BCUT2D eigenvalue weighted by Gasteiger charge is 2.26. The van der Waals surface area contributed by atoms with Crippen LogP contribution in [0.2, 0.25) is 5.02 Å². The third kappa shape index (κ3) is 2.25. The van der Waals surface area contributed by atoms with E-state index in [1.54, 1.807) is 0 Å².